The topological polar surface area (TPSA) is 28.9 Å². The summed E-state index contributed by atoms with van der Waals surface area (Å²) in [6.45, 7) is 9.06. The van der Waals surface area contributed by atoms with Crippen LogP contribution in [0, 0.1) is 0 Å². The highest BCUT2D eigenvalue weighted by molar-refractivity contribution is 6.25. The first-order valence-corrected chi connectivity index (χ1v) is 29.4. The first-order chi connectivity index (χ1) is 40.8. The van der Waals surface area contributed by atoms with Crippen molar-refractivity contribution in [2.75, 3.05) is 9.80 Å². The fourth-order valence-corrected chi connectivity index (χ4v) is 15.0. The number of fused-ring (bicyclic) bond motifs is 23. The van der Waals surface area contributed by atoms with E-state index in [1.807, 2.05) is 0 Å². The van der Waals surface area contributed by atoms with E-state index in [9.17, 15) is 0 Å². The number of anilines is 6. The van der Waals surface area contributed by atoms with E-state index in [0.29, 0.717) is 11.8 Å². The molecule has 2 unspecified atom stereocenters. The molecular weight excluding hydrogens is 1010 g/mol. The van der Waals surface area contributed by atoms with E-state index in [0.717, 1.165) is 61.8 Å². The molecule has 4 nitrogen and oxygen atoms in total. The Labute approximate surface area is 483 Å². The van der Waals surface area contributed by atoms with Crippen molar-refractivity contribution in [2.24, 2.45) is 0 Å². The molecule has 0 amide bonds. The number of nitrogens with zero attached hydrogens (tertiary/aromatic N) is 2. The summed E-state index contributed by atoms with van der Waals surface area (Å²) < 4.78 is 14.0. The van der Waals surface area contributed by atoms with Gasteiger partial charge in [0.1, 0.15) is 17.4 Å². The number of allylic oxidation sites excluding steroid dienone is 2. The lowest BCUT2D eigenvalue weighted by Crippen LogP contribution is -2.26. The van der Waals surface area contributed by atoms with Crippen molar-refractivity contribution in [3.05, 3.63) is 294 Å². The minimum Gasteiger partial charge on any atom is -0.483 e. The van der Waals surface area contributed by atoms with Crippen LogP contribution in [-0.2, 0) is 5.41 Å². The highest BCUT2D eigenvalue weighted by Crippen LogP contribution is 2.68. The van der Waals surface area contributed by atoms with Crippen LogP contribution in [-0.4, -0.2) is 6.10 Å². The lowest BCUT2D eigenvalue weighted by molar-refractivity contribution is 0.269. The minimum absolute atomic E-state index is 0.0686. The second kappa shape index (κ2) is 18.1. The summed E-state index contributed by atoms with van der Waals surface area (Å²) in [7, 11) is 0. The molecule has 1 spiro atoms. The summed E-state index contributed by atoms with van der Waals surface area (Å²) in [5.41, 5.74) is 21.5. The molecular formula is C79H58N2O2. The third-order valence-electron chi connectivity index (χ3n) is 18.7. The zero-order valence-electron chi connectivity index (χ0n) is 46.8. The van der Waals surface area contributed by atoms with Gasteiger partial charge in [-0.05, 0) is 161 Å². The van der Waals surface area contributed by atoms with Crippen LogP contribution in [0.15, 0.2) is 259 Å². The molecule has 0 saturated heterocycles. The average molecular weight is 1070 g/mol. The zero-order chi connectivity index (χ0) is 55.2. The first-order valence-electron chi connectivity index (χ1n) is 29.4. The average Bonchev–Trinajstić information content (AvgIpc) is 1.55. The number of rotatable bonds is 8. The van der Waals surface area contributed by atoms with Gasteiger partial charge in [-0.15, -0.1) is 0 Å². The van der Waals surface area contributed by atoms with Crippen LogP contribution in [0.25, 0.3) is 76.5 Å². The van der Waals surface area contributed by atoms with Gasteiger partial charge in [0.2, 0.25) is 0 Å². The molecule has 0 N–H and O–H groups in total. The molecule has 4 aliphatic rings. The van der Waals surface area contributed by atoms with Crippen molar-refractivity contribution in [2.45, 2.75) is 57.0 Å². The van der Waals surface area contributed by atoms with Crippen LogP contribution < -0.4 is 14.5 Å². The predicted molar refractivity (Wildman–Crippen MR) is 346 cm³/mol. The summed E-state index contributed by atoms with van der Waals surface area (Å²) in [5.74, 6) is 1.85. The van der Waals surface area contributed by atoms with Crippen LogP contribution in [0.1, 0.15) is 84.4 Å². The van der Waals surface area contributed by atoms with Gasteiger partial charge in [0.15, 0.2) is 5.58 Å². The number of para-hydroxylation sites is 3. The summed E-state index contributed by atoms with van der Waals surface area (Å²) in [5, 5.41) is 9.47. The highest BCUT2D eigenvalue weighted by Gasteiger charge is 2.54. The largest absolute Gasteiger partial charge is 0.483 e. The molecule has 0 radical (unpaired) electrons. The maximum atomic E-state index is 7.11. The van der Waals surface area contributed by atoms with Gasteiger partial charge in [0, 0.05) is 44.7 Å². The van der Waals surface area contributed by atoms with Gasteiger partial charge in [0.05, 0.1) is 22.5 Å². The van der Waals surface area contributed by atoms with Crippen molar-refractivity contribution < 1.29 is 9.15 Å². The van der Waals surface area contributed by atoms with Crippen molar-refractivity contribution in [1.29, 1.82) is 0 Å². The fraction of sp³-hybridized carbons (Fsp3) is 0.114. The second-order valence-electron chi connectivity index (χ2n) is 23.7. The Kier molecular flexibility index (Phi) is 10.4. The first kappa shape index (κ1) is 47.9. The van der Waals surface area contributed by atoms with E-state index >= 15 is 0 Å². The molecule has 12 aromatic carbocycles. The van der Waals surface area contributed by atoms with Crippen LogP contribution in [0.3, 0.4) is 0 Å². The van der Waals surface area contributed by atoms with E-state index < -0.39 is 5.41 Å². The SMILES string of the molecule is CC(C)c1ccc(N(c2cccc3c2OC2C=CC=CC32)c2cc3c(c4ccccc24)-c2c(c4ccc(N(c5ccc(C(C)C)cc5)c5cccc6c5oc5ccccc56)cc4c4ccccc24)C32c3ccccc3-c3ccccc32)cc1. The summed E-state index contributed by atoms with van der Waals surface area (Å²) in [4.78, 5) is 4.92. The smallest absolute Gasteiger partial charge is 0.159 e. The third kappa shape index (κ3) is 6.75. The molecule has 0 bridgehead atoms. The predicted octanol–water partition coefficient (Wildman–Crippen LogP) is 21.5. The van der Waals surface area contributed by atoms with Crippen molar-refractivity contribution in [1.82, 2.24) is 0 Å². The van der Waals surface area contributed by atoms with E-state index in [4.69, 9.17) is 9.15 Å². The van der Waals surface area contributed by atoms with Crippen LogP contribution >= 0.6 is 0 Å². The van der Waals surface area contributed by atoms with Crippen LogP contribution in [0.5, 0.6) is 5.75 Å². The van der Waals surface area contributed by atoms with Crippen molar-refractivity contribution >= 4 is 88.4 Å². The molecule has 0 saturated carbocycles. The van der Waals surface area contributed by atoms with Crippen molar-refractivity contribution in [3.63, 3.8) is 0 Å². The number of furan rings is 1. The van der Waals surface area contributed by atoms with E-state index in [1.165, 1.54) is 93.5 Å². The quantitative estimate of drug-likeness (QED) is 0.142. The van der Waals surface area contributed by atoms with Crippen LogP contribution in [0.4, 0.5) is 34.1 Å². The number of hydrogen-bond acceptors (Lipinski definition) is 4. The lowest BCUT2D eigenvalue weighted by Gasteiger charge is -2.34. The number of ether oxygens (including phenoxy) is 1. The Morgan fingerprint density at radius 2 is 0.964 bits per heavy atom. The maximum Gasteiger partial charge on any atom is 0.159 e. The van der Waals surface area contributed by atoms with Gasteiger partial charge >= 0.3 is 0 Å². The van der Waals surface area contributed by atoms with E-state index in [2.05, 4.69) is 292 Å². The molecule has 4 heteroatoms. The highest BCUT2D eigenvalue weighted by atomic mass is 16.5. The molecule has 83 heavy (non-hydrogen) atoms. The van der Waals surface area contributed by atoms with Crippen LogP contribution in [0.2, 0.25) is 0 Å². The van der Waals surface area contributed by atoms with Gasteiger partial charge < -0.3 is 19.0 Å². The summed E-state index contributed by atoms with van der Waals surface area (Å²) in [6, 6.07) is 86.8. The van der Waals surface area contributed by atoms with Gasteiger partial charge in [-0.3, -0.25) is 0 Å². The molecule has 3 aliphatic carbocycles. The van der Waals surface area contributed by atoms with Crippen molar-refractivity contribution in [3.8, 4) is 28.0 Å². The van der Waals surface area contributed by atoms with Gasteiger partial charge in [0.25, 0.3) is 0 Å². The lowest BCUT2D eigenvalue weighted by atomic mass is 9.69. The molecule has 396 valence electrons. The van der Waals surface area contributed by atoms with E-state index in [-0.39, 0.29) is 12.0 Å². The van der Waals surface area contributed by atoms with Gasteiger partial charge in [-0.25, -0.2) is 0 Å². The minimum atomic E-state index is -0.723. The molecule has 2 atom stereocenters. The molecule has 1 aliphatic heterocycles. The Balaban J connectivity index is 0.981. The van der Waals surface area contributed by atoms with Gasteiger partial charge in [-0.1, -0.05) is 216 Å². The maximum absolute atomic E-state index is 7.11. The molecule has 2 heterocycles. The summed E-state index contributed by atoms with van der Waals surface area (Å²) >= 11 is 0. The Morgan fingerprint density at radius 1 is 0.398 bits per heavy atom. The molecule has 13 aromatic rings. The van der Waals surface area contributed by atoms with E-state index in [1.54, 1.807) is 0 Å². The molecule has 1 aromatic heterocycles. The Bertz CT molecular complexity index is 4880. The summed E-state index contributed by atoms with van der Waals surface area (Å²) in [6.07, 6.45) is 8.72. The Morgan fingerprint density at radius 3 is 1.67 bits per heavy atom. The molecule has 17 rings (SSSR count). The zero-order valence-corrected chi connectivity index (χ0v) is 46.8. The van der Waals surface area contributed by atoms with Gasteiger partial charge in [-0.2, -0.15) is 0 Å². The number of benzene rings is 12. The monoisotopic (exact) mass is 1070 g/mol. The number of hydrogen-bond donors (Lipinski definition) is 0. The normalized spacial score (nSPS) is 15.8. The standard InChI is InChI=1S/C79H58N2O2/c1-47(2)49-35-39-51(40-36-49)80(69-31-17-27-63-58-23-11-15-33-72(58)82-77(63)69)53-43-44-62-65(45-53)54-19-5-7-25-60(54)75-74-61-26-8-6-22-57(61)71(46-68(74)79(76(62)75)66-29-13-9-20-55(66)56-21-10-14-30-67(56)79)81(52-41-37-50(38-42-52)48(3)4)70-32-18-28-64-59-24-12-16-34-73(59)83-78(64)70/h5-48,59,73H,1-4H3. The second-order valence-corrected chi connectivity index (χ2v) is 23.7. The third-order valence-corrected chi connectivity index (χ3v) is 18.7. The fourth-order valence-electron chi connectivity index (χ4n) is 15.0. The Hall–Kier alpha value is -9.90. The molecule has 0 fully saturated rings.